The summed E-state index contributed by atoms with van der Waals surface area (Å²) in [5.74, 6) is -1.17. The van der Waals surface area contributed by atoms with Gasteiger partial charge in [-0.3, -0.25) is 0 Å². The number of carbonyl (C=O) groups is 1. The summed E-state index contributed by atoms with van der Waals surface area (Å²) in [6.07, 6.45) is 2.22. The van der Waals surface area contributed by atoms with Crippen molar-refractivity contribution < 1.29 is 18.3 Å². The molecule has 28 heavy (non-hydrogen) atoms. The molecule has 10 heteroatoms. The monoisotopic (exact) mass is 409 g/mol. The van der Waals surface area contributed by atoms with Crippen molar-refractivity contribution in [1.82, 2.24) is 19.9 Å². The number of imidazole rings is 1. The van der Waals surface area contributed by atoms with E-state index in [1.165, 1.54) is 6.07 Å². The van der Waals surface area contributed by atoms with E-state index in [0.717, 1.165) is 17.6 Å². The minimum Gasteiger partial charge on any atom is -0.450 e. The van der Waals surface area contributed by atoms with Gasteiger partial charge in [-0.2, -0.15) is 0 Å². The number of hydrogen-bond donors (Lipinski definition) is 2. The molecule has 3 rings (SSSR count). The minimum absolute atomic E-state index is 0.169. The van der Waals surface area contributed by atoms with Crippen LogP contribution in [-0.2, 0) is 17.8 Å². The van der Waals surface area contributed by atoms with Crippen molar-refractivity contribution in [3.8, 4) is 0 Å². The number of amides is 1. The summed E-state index contributed by atoms with van der Waals surface area (Å²) >= 11 is 5.92. The maximum Gasteiger partial charge on any atom is 0.407 e. The summed E-state index contributed by atoms with van der Waals surface area (Å²) < 4.78 is 33.9. The van der Waals surface area contributed by atoms with Gasteiger partial charge >= 0.3 is 6.09 Å². The third-order valence-electron chi connectivity index (χ3n) is 4.10. The molecule has 1 aromatic carbocycles. The number of nitrogens with one attached hydrogen (secondary N) is 1. The molecule has 0 radical (unpaired) electrons. The van der Waals surface area contributed by atoms with Gasteiger partial charge in [0.15, 0.2) is 5.82 Å². The number of fused-ring (bicyclic) bond motifs is 1. The fourth-order valence-electron chi connectivity index (χ4n) is 2.69. The predicted molar refractivity (Wildman–Crippen MR) is 101 cm³/mol. The number of hydrogen-bond acceptors (Lipinski definition) is 5. The molecule has 0 fully saturated rings. The Kier molecular flexibility index (Phi) is 6.25. The normalized spacial score (nSPS) is 11.0. The van der Waals surface area contributed by atoms with Crippen LogP contribution in [0.2, 0.25) is 5.15 Å². The van der Waals surface area contributed by atoms with E-state index in [1.54, 1.807) is 12.4 Å². The number of carbonyl (C=O) groups excluding carboxylic acids is 1. The molecule has 0 unspecified atom stereocenters. The first-order valence-electron chi connectivity index (χ1n) is 8.56. The molecule has 2 heterocycles. The summed E-state index contributed by atoms with van der Waals surface area (Å²) in [5.41, 5.74) is 6.94. The molecule has 0 spiro atoms. The van der Waals surface area contributed by atoms with E-state index in [1.807, 2.05) is 4.57 Å². The quantitative estimate of drug-likeness (QED) is 0.458. The van der Waals surface area contributed by atoms with E-state index >= 15 is 0 Å². The number of unbranched alkanes of at least 4 members (excludes halogenated alkanes) is 1. The smallest absolute Gasteiger partial charge is 0.407 e. The van der Waals surface area contributed by atoms with Gasteiger partial charge in [-0.1, -0.05) is 17.7 Å². The maximum atomic E-state index is 13.5. The van der Waals surface area contributed by atoms with Crippen molar-refractivity contribution in [2.75, 3.05) is 12.3 Å². The molecule has 0 aliphatic rings. The van der Waals surface area contributed by atoms with Crippen LogP contribution in [0.1, 0.15) is 18.4 Å². The fourth-order valence-corrected chi connectivity index (χ4v) is 2.89. The Morgan fingerprint density at radius 1 is 1.29 bits per heavy atom. The molecule has 0 aliphatic heterocycles. The number of benzene rings is 1. The number of alkyl carbamates (subject to hydrolysis) is 1. The van der Waals surface area contributed by atoms with E-state index in [2.05, 4.69) is 15.3 Å². The lowest BCUT2D eigenvalue weighted by molar-refractivity contribution is 0.143. The van der Waals surface area contributed by atoms with E-state index in [-0.39, 0.29) is 29.7 Å². The molecule has 3 N–H and O–H groups in total. The van der Waals surface area contributed by atoms with Crippen molar-refractivity contribution in [1.29, 1.82) is 0 Å². The van der Waals surface area contributed by atoms with Gasteiger partial charge in [-0.15, -0.1) is 0 Å². The number of ether oxygens (including phenoxy) is 1. The van der Waals surface area contributed by atoms with Crippen LogP contribution < -0.4 is 11.1 Å². The molecule has 0 saturated heterocycles. The number of nitrogens with two attached hydrogens (primary N) is 1. The zero-order valence-electron chi connectivity index (χ0n) is 14.8. The lowest BCUT2D eigenvalue weighted by atomic mass is 10.2. The number of nitrogen functional groups attached to an aromatic ring is 1. The highest BCUT2D eigenvalue weighted by atomic mass is 35.5. The molecule has 0 atom stereocenters. The summed E-state index contributed by atoms with van der Waals surface area (Å²) in [6.45, 7) is 0.513. The molecule has 3 aromatic rings. The SMILES string of the molecule is Nc1nc(Cl)cc2c1ncn2CCCCOC(=O)NCc1c(F)cccc1F. The van der Waals surface area contributed by atoms with Crippen molar-refractivity contribution in [2.24, 2.45) is 0 Å². The van der Waals surface area contributed by atoms with Gasteiger partial charge in [0.25, 0.3) is 0 Å². The topological polar surface area (TPSA) is 95.1 Å². The van der Waals surface area contributed by atoms with E-state index < -0.39 is 17.7 Å². The molecular formula is C18H18ClF2N5O2. The first-order chi connectivity index (χ1) is 13.5. The molecule has 1 amide bonds. The zero-order chi connectivity index (χ0) is 20.1. The molecular weight excluding hydrogens is 392 g/mol. The third kappa shape index (κ3) is 4.66. The van der Waals surface area contributed by atoms with Crippen molar-refractivity contribution in [3.05, 3.63) is 52.9 Å². The average Bonchev–Trinajstić information content (AvgIpc) is 3.04. The number of rotatable bonds is 7. The summed E-state index contributed by atoms with van der Waals surface area (Å²) in [4.78, 5) is 19.8. The second-order valence-corrected chi connectivity index (χ2v) is 6.42. The highest BCUT2D eigenvalue weighted by Crippen LogP contribution is 2.21. The highest BCUT2D eigenvalue weighted by Gasteiger charge is 2.11. The van der Waals surface area contributed by atoms with Crippen LogP contribution in [0.5, 0.6) is 0 Å². The summed E-state index contributed by atoms with van der Waals surface area (Å²) in [7, 11) is 0. The first-order valence-corrected chi connectivity index (χ1v) is 8.94. The van der Waals surface area contributed by atoms with Gasteiger partial charge in [0.05, 0.1) is 25.0 Å². The predicted octanol–water partition coefficient (Wildman–Crippen LogP) is 3.65. The van der Waals surface area contributed by atoms with Crippen molar-refractivity contribution >= 4 is 34.5 Å². The van der Waals surface area contributed by atoms with Gasteiger partial charge in [-0.25, -0.2) is 23.5 Å². The maximum absolute atomic E-state index is 13.5. The number of aryl methyl sites for hydroxylation is 1. The van der Waals surface area contributed by atoms with Crippen LogP contribution in [0, 0.1) is 11.6 Å². The minimum atomic E-state index is -0.735. The number of anilines is 1. The van der Waals surface area contributed by atoms with Gasteiger partial charge in [-0.05, 0) is 25.0 Å². The Morgan fingerprint density at radius 3 is 2.79 bits per heavy atom. The summed E-state index contributed by atoms with van der Waals surface area (Å²) in [5, 5.41) is 2.62. The Morgan fingerprint density at radius 2 is 2.04 bits per heavy atom. The number of halogens is 3. The molecule has 0 saturated carbocycles. The van der Waals surface area contributed by atoms with Crippen LogP contribution in [-0.4, -0.2) is 27.2 Å². The molecule has 148 valence electrons. The molecule has 7 nitrogen and oxygen atoms in total. The second kappa shape index (κ2) is 8.83. The first kappa shape index (κ1) is 19.8. The zero-order valence-corrected chi connectivity index (χ0v) is 15.5. The third-order valence-corrected chi connectivity index (χ3v) is 4.30. The standard InChI is InChI=1S/C18H18ClF2N5O2/c19-15-8-14-16(17(22)25-15)24-10-26(14)6-1-2-7-28-18(27)23-9-11-12(20)4-3-5-13(11)21/h3-5,8,10H,1-2,6-7,9H2,(H2,22,25)(H,23,27). The van der Waals surface area contributed by atoms with Crippen molar-refractivity contribution in [3.63, 3.8) is 0 Å². The lowest BCUT2D eigenvalue weighted by Crippen LogP contribution is -2.25. The number of aromatic nitrogens is 3. The highest BCUT2D eigenvalue weighted by molar-refractivity contribution is 6.30. The van der Waals surface area contributed by atoms with E-state index in [9.17, 15) is 13.6 Å². The van der Waals surface area contributed by atoms with Gasteiger partial charge in [0.1, 0.15) is 22.3 Å². The summed E-state index contributed by atoms with van der Waals surface area (Å²) in [6, 6.07) is 5.20. The Labute approximate surface area is 164 Å². The fraction of sp³-hybridized carbons (Fsp3) is 0.278. The van der Waals surface area contributed by atoms with Gasteiger partial charge < -0.3 is 20.4 Å². The van der Waals surface area contributed by atoms with Crippen LogP contribution in [0.25, 0.3) is 11.0 Å². The van der Waals surface area contributed by atoms with Crippen LogP contribution in [0.3, 0.4) is 0 Å². The Hall–Kier alpha value is -2.94. The molecule has 0 bridgehead atoms. The van der Waals surface area contributed by atoms with Crippen molar-refractivity contribution in [2.45, 2.75) is 25.9 Å². The van der Waals surface area contributed by atoms with E-state index in [0.29, 0.717) is 24.9 Å². The Bertz CT molecular complexity index is 975. The molecule has 2 aromatic heterocycles. The van der Waals surface area contributed by atoms with E-state index in [4.69, 9.17) is 22.1 Å². The van der Waals surface area contributed by atoms with Gasteiger partial charge in [0.2, 0.25) is 0 Å². The van der Waals surface area contributed by atoms with Crippen LogP contribution in [0.15, 0.2) is 30.6 Å². The second-order valence-electron chi connectivity index (χ2n) is 6.03. The van der Waals surface area contributed by atoms with Crippen LogP contribution in [0.4, 0.5) is 19.4 Å². The Balaban J connectivity index is 1.41. The lowest BCUT2D eigenvalue weighted by Gasteiger charge is -2.09. The number of pyridine rings is 1. The largest absolute Gasteiger partial charge is 0.450 e. The van der Waals surface area contributed by atoms with Crippen LogP contribution >= 0.6 is 11.6 Å². The number of nitrogens with zero attached hydrogens (tertiary/aromatic N) is 3. The van der Waals surface area contributed by atoms with Gasteiger partial charge in [0, 0.05) is 18.2 Å². The average molecular weight is 410 g/mol. The molecule has 0 aliphatic carbocycles.